The first-order valence-corrected chi connectivity index (χ1v) is 6.90. The highest BCUT2D eigenvalue weighted by molar-refractivity contribution is 6.30. The maximum Gasteiger partial charge on any atom is 0.106 e. The Hall–Kier alpha value is -1.31. The predicted molar refractivity (Wildman–Crippen MR) is 89.0 cm³/mol. The summed E-state index contributed by atoms with van der Waals surface area (Å²) in [5.74, 6) is 0. The zero-order chi connectivity index (χ0) is 15.7. The Labute approximate surface area is 131 Å². The van der Waals surface area contributed by atoms with E-state index in [2.05, 4.69) is 27.7 Å². The normalized spacial score (nSPS) is 8.90. The van der Waals surface area contributed by atoms with E-state index in [4.69, 9.17) is 28.0 Å². The van der Waals surface area contributed by atoms with Gasteiger partial charge in [-0.25, -0.2) is 0 Å². The first kappa shape index (κ1) is 18.7. The van der Waals surface area contributed by atoms with Crippen LogP contribution in [0.25, 0.3) is 0 Å². The molecule has 0 saturated heterocycles. The van der Waals surface area contributed by atoms with E-state index in [9.17, 15) is 0 Å². The second-order valence-corrected chi connectivity index (χ2v) is 5.33. The van der Waals surface area contributed by atoms with Crippen LogP contribution >= 0.6 is 23.2 Å². The maximum atomic E-state index is 8.00. The molecule has 0 unspecified atom stereocenters. The van der Waals surface area contributed by atoms with Crippen molar-refractivity contribution in [2.24, 2.45) is 0 Å². The molecule has 0 fully saturated rings. The van der Waals surface area contributed by atoms with Gasteiger partial charge in [0.15, 0.2) is 0 Å². The summed E-state index contributed by atoms with van der Waals surface area (Å²) in [5, 5.41) is 1.64. The van der Waals surface area contributed by atoms with E-state index in [1.165, 1.54) is 22.3 Å². The van der Waals surface area contributed by atoms with Gasteiger partial charge < -0.3 is 4.79 Å². The summed E-state index contributed by atoms with van der Waals surface area (Å²) in [5.41, 5.74) is 5.09. The SMILES string of the molecule is C=O.Cc1ccc(Cl)cc1C.Cc1ccc(Cl)cc1C. The third-order valence-electron chi connectivity index (χ3n) is 2.94. The van der Waals surface area contributed by atoms with E-state index in [-0.39, 0.29) is 0 Å². The van der Waals surface area contributed by atoms with Crippen LogP contribution < -0.4 is 0 Å². The summed E-state index contributed by atoms with van der Waals surface area (Å²) >= 11 is 11.4. The van der Waals surface area contributed by atoms with E-state index in [0.29, 0.717) is 0 Å². The number of aryl methyl sites for hydroxylation is 4. The number of benzene rings is 2. The summed E-state index contributed by atoms with van der Waals surface area (Å²) < 4.78 is 0. The molecule has 20 heavy (non-hydrogen) atoms. The van der Waals surface area contributed by atoms with Crippen LogP contribution in [-0.4, -0.2) is 6.79 Å². The van der Waals surface area contributed by atoms with Crippen molar-refractivity contribution in [2.75, 3.05) is 0 Å². The van der Waals surface area contributed by atoms with E-state index in [1.807, 2.05) is 43.2 Å². The van der Waals surface area contributed by atoms with Crippen molar-refractivity contribution in [1.29, 1.82) is 0 Å². The van der Waals surface area contributed by atoms with Gasteiger partial charge in [0, 0.05) is 10.0 Å². The molecule has 0 aliphatic heterocycles. The second kappa shape index (κ2) is 9.57. The molecule has 1 nitrogen and oxygen atoms in total. The minimum Gasteiger partial charge on any atom is -0.307 e. The minimum absolute atomic E-state index is 0.818. The molecule has 2 aromatic carbocycles. The Morgan fingerprint density at radius 3 is 1.15 bits per heavy atom. The van der Waals surface area contributed by atoms with Gasteiger partial charge in [-0.2, -0.15) is 0 Å². The molecular formula is C17H20Cl2O. The third-order valence-corrected chi connectivity index (χ3v) is 3.41. The Morgan fingerprint density at radius 1 is 0.650 bits per heavy atom. The van der Waals surface area contributed by atoms with Crippen LogP contribution in [-0.2, 0) is 4.79 Å². The Kier molecular flexibility index (Phi) is 8.94. The van der Waals surface area contributed by atoms with Crippen molar-refractivity contribution in [3.63, 3.8) is 0 Å². The van der Waals surface area contributed by atoms with Crippen molar-refractivity contribution in [3.05, 3.63) is 68.7 Å². The minimum atomic E-state index is 0.818. The molecule has 3 heteroatoms. The molecule has 0 aliphatic carbocycles. The fourth-order valence-electron chi connectivity index (χ4n) is 1.41. The van der Waals surface area contributed by atoms with E-state index < -0.39 is 0 Å². The van der Waals surface area contributed by atoms with Crippen LogP contribution in [0, 0.1) is 27.7 Å². The molecule has 0 radical (unpaired) electrons. The summed E-state index contributed by atoms with van der Waals surface area (Å²) in [7, 11) is 0. The molecular weight excluding hydrogens is 291 g/mol. The van der Waals surface area contributed by atoms with E-state index in [1.54, 1.807) is 0 Å². The monoisotopic (exact) mass is 310 g/mol. The quantitative estimate of drug-likeness (QED) is 0.607. The average Bonchev–Trinajstić information content (AvgIpc) is 2.42. The fraction of sp³-hybridized carbons (Fsp3) is 0.235. The second-order valence-electron chi connectivity index (χ2n) is 4.46. The van der Waals surface area contributed by atoms with Crippen LogP contribution in [0.1, 0.15) is 22.3 Å². The molecule has 2 aromatic rings. The average molecular weight is 311 g/mol. The summed E-state index contributed by atoms with van der Waals surface area (Å²) in [6, 6.07) is 11.8. The lowest BCUT2D eigenvalue weighted by atomic mass is 10.1. The fourth-order valence-corrected chi connectivity index (χ4v) is 1.86. The number of hydrogen-bond acceptors (Lipinski definition) is 1. The number of hydrogen-bond donors (Lipinski definition) is 0. The number of carbonyl (C=O) groups excluding carboxylic acids is 1. The highest BCUT2D eigenvalue weighted by Gasteiger charge is 1.91. The first-order valence-electron chi connectivity index (χ1n) is 6.14. The van der Waals surface area contributed by atoms with E-state index in [0.717, 1.165) is 10.0 Å². The van der Waals surface area contributed by atoms with Crippen molar-refractivity contribution in [3.8, 4) is 0 Å². The molecule has 0 atom stereocenters. The summed E-state index contributed by atoms with van der Waals surface area (Å²) in [6.07, 6.45) is 0. The number of halogens is 2. The van der Waals surface area contributed by atoms with Gasteiger partial charge in [-0.3, -0.25) is 0 Å². The van der Waals surface area contributed by atoms with Gasteiger partial charge in [0.25, 0.3) is 0 Å². The zero-order valence-corrected chi connectivity index (χ0v) is 13.8. The largest absolute Gasteiger partial charge is 0.307 e. The number of rotatable bonds is 0. The van der Waals surface area contributed by atoms with Gasteiger partial charge in [-0.15, -0.1) is 0 Å². The lowest BCUT2D eigenvalue weighted by Gasteiger charge is -1.97. The first-order chi connectivity index (χ1) is 9.40. The molecule has 0 heterocycles. The van der Waals surface area contributed by atoms with Gasteiger partial charge in [-0.05, 0) is 74.2 Å². The summed E-state index contributed by atoms with van der Waals surface area (Å²) in [6.45, 7) is 10.3. The van der Waals surface area contributed by atoms with Crippen LogP contribution in [0.2, 0.25) is 10.0 Å². The molecule has 0 spiro atoms. The Morgan fingerprint density at radius 2 is 0.950 bits per heavy atom. The highest BCUT2D eigenvalue weighted by Crippen LogP contribution is 2.14. The molecule has 0 saturated carbocycles. The van der Waals surface area contributed by atoms with Crippen molar-refractivity contribution in [1.82, 2.24) is 0 Å². The molecule has 0 N–H and O–H groups in total. The number of carbonyl (C=O) groups is 1. The molecule has 2 rings (SSSR count). The van der Waals surface area contributed by atoms with Gasteiger partial charge in [0.05, 0.1) is 0 Å². The standard InChI is InChI=1S/2C8H9Cl.CH2O/c2*1-6-3-4-8(9)5-7(6)2;1-2/h2*3-5H,1-2H3;1H2. The zero-order valence-electron chi connectivity index (χ0n) is 12.3. The smallest absolute Gasteiger partial charge is 0.106 e. The van der Waals surface area contributed by atoms with Crippen LogP contribution in [0.4, 0.5) is 0 Å². The van der Waals surface area contributed by atoms with Gasteiger partial charge in [0.1, 0.15) is 6.79 Å². The van der Waals surface area contributed by atoms with Gasteiger partial charge >= 0.3 is 0 Å². The molecule has 0 amide bonds. The van der Waals surface area contributed by atoms with Crippen LogP contribution in [0.3, 0.4) is 0 Å². The predicted octanol–water partition coefficient (Wildman–Crippen LogP) is 5.73. The Bertz CT molecular complexity index is 501. The summed E-state index contributed by atoms with van der Waals surface area (Å²) in [4.78, 5) is 8.00. The lowest BCUT2D eigenvalue weighted by molar-refractivity contribution is -0.0979. The topological polar surface area (TPSA) is 17.1 Å². The van der Waals surface area contributed by atoms with Gasteiger partial charge in [0.2, 0.25) is 0 Å². The molecule has 0 aliphatic rings. The van der Waals surface area contributed by atoms with Crippen LogP contribution in [0.5, 0.6) is 0 Å². The van der Waals surface area contributed by atoms with Crippen molar-refractivity contribution < 1.29 is 4.79 Å². The maximum absolute atomic E-state index is 8.00. The molecule has 0 aromatic heterocycles. The van der Waals surface area contributed by atoms with Gasteiger partial charge in [-0.1, -0.05) is 35.3 Å². The Balaban J connectivity index is 0.000000321. The lowest BCUT2D eigenvalue weighted by Crippen LogP contribution is -1.77. The molecule has 108 valence electrons. The highest BCUT2D eigenvalue weighted by atomic mass is 35.5. The van der Waals surface area contributed by atoms with Crippen LogP contribution in [0.15, 0.2) is 36.4 Å². The van der Waals surface area contributed by atoms with E-state index >= 15 is 0 Å². The van der Waals surface area contributed by atoms with Crippen molar-refractivity contribution >= 4 is 30.0 Å². The van der Waals surface area contributed by atoms with Crippen molar-refractivity contribution in [2.45, 2.75) is 27.7 Å². The molecule has 0 bridgehead atoms. The third kappa shape index (κ3) is 6.74.